The summed E-state index contributed by atoms with van der Waals surface area (Å²) in [5.74, 6) is 0. The smallest absolute Gasteiger partial charge is 0.230 e. The third kappa shape index (κ3) is 2.01. The molecule has 1 rings (SSSR count). The van der Waals surface area contributed by atoms with Gasteiger partial charge in [-0.3, -0.25) is 0 Å². The van der Waals surface area contributed by atoms with Crippen LogP contribution in [0.3, 0.4) is 0 Å². The Morgan fingerprint density at radius 2 is 2.23 bits per heavy atom. The molecule has 1 aromatic heterocycles. The molecule has 68 valence electrons. The summed E-state index contributed by atoms with van der Waals surface area (Å²) >= 11 is 2.96. The summed E-state index contributed by atoms with van der Waals surface area (Å²) in [7, 11) is 0. The molecule has 1 aromatic rings. The lowest BCUT2D eigenvalue weighted by Crippen LogP contribution is -1.97. The first-order valence-electron chi connectivity index (χ1n) is 3.41. The second-order valence-electron chi connectivity index (χ2n) is 2.42. The van der Waals surface area contributed by atoms with Crippen LogP contribution in [0.25, 0.3) is 0 Å². The van der Waals surface area contributed by atoms with Gasteiger partial charge >= 0.3 is 0 Å². The van der Waals surface area contributed by atoms with Crippen molar-refractivity contribution in [2.24, 2.45) is 0 Å². The highest BCUT2D eigenvalue weighted by Crippen LogP contribution is 2.26. The highest BCUT2D eigenvalue weighted by Gasteiger charge is 2.15. The molecule has 0 aromatic carbocycles. The fourth-order valence-electron chi connectivity index (χ4n) is 0.932. The third-order valence-electron chi connectivity index (χ3n) is 1.62. The Morgan fingerprint density at radius 3 is 2.69 bits per heavy atom. The Bertz CT molecular complexity index is 371. The van der Waals surface area contributed by atoms with E-state index in [0.717, 1.165) is 0 Å². The van der Waals surface area contributed by atoms with E-state index in [1.807, 2.05) is 0 Å². The highest BCUT2D eigenvalue weighted by atomic mass is 79.9. The van der Waals surface area contributed by atoms with Gasteiger partial charge in [-0.05, 0) is 34.5 Å². The van der Waals surface area contributed by atoms with Gasteiger partial charge < -0.3 is 0 Å². The number of rotatable bonds is 1. The van der Waals surface area contributed by atoms with E-state index in [9.17, 15) is 8.78 Å². The Morgan fingerprint density at radius 1 is 1.62 bits per heavy atom. The molecule has 0 amide bonds. The maximum absolute atomic E-state index is 12.4. The Balaban J connectivity index is 3.38. The number of aromatic nitrogens is 1. The van der Waals surface area contributed by atoms with Gasteiger partial charge in [-0.25, -0.2) is 13.8 Å². The SMILES string of the molecule is Cc1c(C(F)F)cc(Br)nc1C#N. The molecule has 0 radical (unpaired) electrons. The Kier molecular flexibility index (Phi) is 2.94. The fourth-order valence-corrected chi connectivity index (χ4v) is 1.36. The minimum Gasteiger partial charge on any atom is -0.230 e. The quantitative estimate of drug-likeness (QED) is 0.715. The zero-order valence-corrected chi connectivity index (χ0v) is 8.27. The lowest BCUT2D eigenvalue weighted by atomic mass is 10.1. The first-order chi connectivity index (χ1) is 6.06. The van der Waals surface area contributed by atoms with E-state index in [4.69, 9.17) is 5.26 Å². The molecule has 1 heterocycles. The topological polar surface area (TPSA) is 36.7 Å². The molecule has 0 aliphatic rings. The predicted octanol–water partition coefficient (Wildman–Crippen LogP) is 2.96. The van der Waals surface area contributed by atoms with Crippen molar-refractivity contribution in [1.29, 1.82) is 5.26 Å². The summed E-state index contributed by atoms with van der Waals surface area (Å²) in [5, 5.41) is 8.57. The van der Waals surface area contributed by atoms with E-state index in [2.05, 4.69) is 20.9 Å². The van der Waals surface area contributed by atoms with E-state index in [0.29, 0.717) is 0 Å². The molecule has 0 fully saturated rings. The maximum atomic E-state index is 12.4. The van der Waals surface area contributed by atoms with Crippen molar-refractivity contribution in [2.75, 3.05) is 0 Å². The van der Waals surface area contributed by atoms with Crippen molar-refractivity contribution >= 4 is 15.9 Å². The molecule has 0 saturated carbocycles. The summed E-state index contributed by atoms with van der Waals surface area (Å²) in [5.41, 5.74) is 0.115. The monoisotopic (exact) mass is 246 g/mol. The standard InChI is InChI=1S/C8H5BrF2N2/c1-4-5(8(10)11)2-7(9)13-6(4)3-12/h2,8H,1H3. The Hall–Kier alpha value is -1.02. The van der Waals surface area contributed by atoms with Gasteiger partial charge in [0.15, 0.2) is 0 Å². The van der Waals surface area contributed by atoms with Crippen molar-refractivity contribution in [3.8, 4) is 6.07 Å². The Labute approximate surface area is 82.3 Å². The largest absolute Gasteiger partial charge is 0.264 e. The van der Waals surface area contributed by atoms with Crippen molar-refractivity contribution in [3.05, 3.63) is 27.5 Å². The molecule has 0 bridgehead atoms. The molecule has 0 spiro atoms. The van der Waals surface area contributed by atoms with Crippen LogP contribution in [0.4, 0.5) is 8.78 Å². The van der Waals surface area contributed by atoms with E-state index >= 15 is 0 Å². The minimum absolute atomic E-state index is 0.0321. The fraction of sp³-hybridized carbons (Fsp3) is 0.250. The predicted molar refractivity (Wildman–Crippen MR) is 46.3 cm³/mol. The second kappa shape index (κ2) is 3.79. The lowest BCUT2D eigenvalue weighted by Gasteiger charge is -2.05. The van der Waals surface area contributed by atoms with Crippen molar-refractivity contribution < 1.29 is 8.78 Å². The van der Waals surface area contributed by atoms with Gasteiger partial charge in [-0.2, -0.15) is 5.26 Å². The molecule has 0 atom stereocenters. The van der Waals surface area contributed by atoms with Gasteiger partial charge in [0.05, 0.1) is 0 Å². The first-order valence-corrected chi connectivity index (χ1v) is 4.21. The molecular weight excluding hydrogens is 242 g/mol. The minimum atomic E-state index is -2.58. The van der Waals surface area contributed by atoms with Crippen molar-refractivity contribution in [3.63, 3.8) is 0 Å². The van der Waals surface area contributed by atoms with Crippen LogP contribution in [-0.2, 0) is 0 Å². The van der Waals surface area contributed by atoms with E-state index in [-0.39, 0.29) is 21.4 Å². The molecule has 0 aliphatic carbocycles. The molecule has 0 aliphatic heterocycles. The van der Waals surface area contributed by atoms with Crippen molar-refractivity contribution in [2.45, 2.75) is 13.3 Å². The highest BCUT2D eigenvalue weighted by molar-refractivity contribution is 9.10. The van der Waals surface area contributed by atoms with Crippen LogP contribution in [0.15, 0.2) is 10.7 Å². The van der Waals surface area contributed by atoms with Gasteiger partial charge in [0, 0.05) is 5.56 Å². The van der Waals surface area contributed by atoms with Crippen LogP contribution in [0.5, 0.6) is 0 Å². The second-order valence-corrected chi connectivity index (χ2v) is 3.23. The van der Waals surface area contributed by atoms with Gasteiger partial charge in [0.25, 0.3) is 6.43 Å². The van der Waals surface area contributed by atoms with E-state index in [1.54, 1.807) is 6.07 Å². The zero-order valence-electron chi connectivity index (χ0n) is 6.68. The summed E-state index contributed by atoms with van der Waals surface area (Å²) in [6.45, 7) is 1.46. The molecule has 5 heteroatoms. The van der Waals surface area contributed by atoms with Gasteiger partial charge in [-0.1, -0.05) is 0 Å². The third-order valence-corrected chi connectivity index (χ3v) is 2.03. The summed E-state index contributed by atoms with van der Waals surface area (Å²) in [6.07, 6.45) is -2.58. The number of alkyl halides is 2. The average Bonchev–Trinajstić information content (AvgIpc) is 2.08. The summed E-state index contributed by atoms with van der Waals surface area (Å²) in [6, 6.07) is 2.98. The molecule has 13 heavy (non-hydrogen) atoms. The van der Waals surface area contributed by atoms with Crippen LogP contribution in [-0.4, -0.2) is 4.98 Å². The lowest BCUT2D eigenvalue weighted by molar-refractivity contribution is 0.150. The molecular formula is C8H5BrF2N2. The van der Waals surface area contributed by atoms with Crippen LogP contribution >= 0.6 is 15.9 Å². The summed E-state index contributed by atoms with van der Waals surface area (Å²) in [4.78, 5) is 3.76. The zero-order chi connectivity index (χ0) is 10.0. The van der Waals surface area contributed by atoms with Gasteiger partial charge in [0.1, 0.15) is 16.4 Å². The van der Waals surface area contributed by atoms with Crippen LogP contribution in [0, 0.1) is 18.3 Å². The van der Waals surface area contributed by atoms with E-state index < -0.39 is 6.43 Å². The number of nitriles is 1. The maximum Gasteiger partial charge on any atom is 0.264 e. The van der Waals surface area contributed by atoms with Gasteiger partial charge in [0.2, 0.25) is 0 Å². The number of nitrogens with zero attached hydrogens (tertiary/aromatic N) is 2. The number of halogens is 3. The molecule has 0 unspecified atom stereocenters. The number of hydrogen-bond donors (Lipinski definition) is 0. The molecule has 0 saturated heterocycles. The van der Waals surface area contributed by atoms with Crippen LogP contribution in [0.2, 0.25) is 0 Å². The summed E-state index contributed by atoms with van der Waals surface area (Å²) < 4.78 is 25.0. The number of pyridine rings is 1. The van der Waals surface area contributed by atoms with Crippen LogP contribution in [0.1, 0.15) is 23.2 Å². The first kappa shape index (κ1) is 10.1. The van der Waals surface area contributed by atoms with E-state index in [1.165, 1.54) is 13.0 Å². The van der Waals surface area contributed by atoms with Crippen molar-refractivity contribution in [1.82, 2.24) is 4.98 Å². The van der Waals surface area contributed by atoms with Crippen LogP contribution < -0.4 is 0 Å². The molecule has 2 nitrogen and oxygen atoms in total. The normalized spacial score (nSPS) is 10.2. The van der Waals surface area contributed by atoms with Gasteiger partial charge in [-0.15, -0.1) is 0 Å². The average molecular weight is 247 g/mol. The number of hydrogen-bond acceptors (Lipinski definition) is 2. The molecule has 0 N–H and O–H groups in total.